The van der Waals surface area contributed by atoms with Crippen LogP contribution in [-0.4, -0.2) is 45.6 Å². The first kappa shape index (κ1) is 13.5. The van der Waals surface area contributed by atoms with Crippen molar-refractivity contribution in [1.29, 1.82) is 0 Å². The number of nitrogens with one attached hydrogen (secondary N) is 1. The summed E-state index contributed by atoms with van der Waals surface area (Å²) in [5, 5.41) is 8.34. The molecular weight excluding hydrogens is 212 g/mol. The van der Waals surface area contributed by atoms with E-state index >= 15 is 0 Å². The molecule has 0 amide bonds. The van der Waals surface area contributed by atoms with Crippen molar-refractivity contribution in [3.63, 3.8) is 0 Å². The molecule has 0 bridgehead atoms. The van der Waals surface area contributed by atoms with Gasteiger partial charge in [0.1, 0.15) is 12.6 Å². The van der Waals surface area contributed by atoms with Crippen molar-refractivity contribution in [1.82, 2.24) is 4.72 Å². The van der Waals surface area contributed by atoms with Gasteiger partial charge in [-0.05, 0) is 6.42 Å². The topological polar surface area (TPSA) is 122 Å². The molecule has 0 radical (unpaired) electrons. The molecule has 14 heavy (non-hydrogen) atoms. The van der Waals surface area contributed by atoms with E-state index in [1.165, 1.54) is 0 Å². The summed E-state index contributed by atoms with van der Waals surface area (Å²) in [6, 6.07) is -0.849. The number of aliphatic hydroxyl groups is 1. The maximum Gasteiger partial charge on any atom is 0.323 e. The van der Waals surface area contributed by atoms with Crippen LogP contribution in [-0.2, 0) is 20.8 Å². The minimum atomic E-state index is -2.10. The van der Waals surface area contributed by atoms with Crippen molar-refractivity contribution in [2.75, 3.05) is 19.8 Å². The van der Waals surface area contributed by atoms with Crippen LogP contribution in [0.5, 0.6) is 0 Å². The summed E-state index contributed by atoms with van der Waals surface area (Å²) in [6.45, 7) is -0.207. The van der Waals surface area contributed by atoms with Gasteiger partial charge >= 0.3 is 5.97 Å². The number of hydrogen-bond donors (Lipinski definition) is 4. The highest BCUT2D eigenvalue weighted by atomic mass is 32.2. The second kappa shape index (κ2) is 7.83. The molecule has 7 nitrogen and oxygen atoms in total. The molecule has 5 N–H and O–H groups in total. The Morgan fingerprint density at radius 1 is 1.64 bits per heavy atom. The lowest BCUT2D eigenvalue weighted by atomic mass is 10.2. The fourth-order valence-corrected chi connectivity index (χ4v) is 0.965. The van der Waals surface area contributed by atoms with Gasteiger partial charge in [0, 0.05) is 6.54 Å². The lowest BCUT2D eigenvalue weighted by molar-refractivity contribution is -0.146. The highest BCUT2D eigenvalue weighted by molar-refractivity contribution is 7.77. The second-order valence-electron chi connectivity index (χ2n) is 2.43. The van der Waals surface area contributed by atoms with Crippen LogP contribution in [0.15, 0.2) is 0 Å². The zero-order chi connectivity index (χ0) is 11.0. The van der Waals surface area contributed by atoms with E-state index in [4.69, 9.17) is 15.4 Å². The molecule has 0 aliphatic heterocycles. The van der Waals surface area contributed by atoms with Gasteiger partial charge < -0.3 is 15.6 Å². The number of ether oxygens (including phenoxy) is 1. The highest BCUT2D eigenvalue weighted by Crippen LogP contribution is 1.91. The molecule has 8 heteroatoms. The van der Waals surface area contributed by atoms with Gasteiger partial charge in [0.25, 0.3) is 0 Å². The van der Waals surface area contributed by atoms with Crippen molar-refractivity contribution in [2.45, 2.75) is 12.5 Å². The summed E-state index contributed by atoms with van der Waals surface area (Å²) < 4.78 is 25.2. The van der Waals surface area contributed by atoms with Gasteiger partial charge in [-0.2, -0.15) is 0 Å². The van der Waals surface area contributed by atoms with Crippen molar-refractivity contribution >= 4 is 17.2 Å². The average Bonchev–Trinajstić information content (AvgIpc) is 2.13. The van der Waals surface area contributed by atoms with Gasteiger partial charge in [0.15, 0.2) is 0 Å². The van der Waals surface area contributed by atoms with Crippen LogP contribution in [0.2, 0.25) is 0 Å². The van der Waals surface area contributed by atoms with Gasteiger partial charge in [-0.15, -0.1) is 0 Å². The Morgan fingerprint density at radius 3 is 2.79 bits per heavy atom. The zero-order valence-corrected chi connectivity index (χ0v) is 8.33. The largest absolute Gasteiger partial charge is 0.462 e. The minimum Gasteiger partial charge on any atom is -0.462 e. The van der Waals surface area contributed by atoms with Crippen LogP contribution in [0.1, 0.15) is 6.42 Å². The third-order valence-electron chi connectivity index (χ3n) is 1.32. The fourth-order valence-electron chi connectivity index (χ4n) is 0.673. The lowest BCUT2D eigenvalue weighted by Crippen LogP contribution is -2.36. The second-order valence-corrected chi connectivity index (χ2v) is 3.22. The predicted molar refractivity (Wildman–Crippen MR) is 49.4 cm³/mol. The molecule has 0 aromatic heterocycles. The molecule has 84 valence electrons. The van der Waals surface area contributed by atoms with Gasteiger partial charge in [0.2, 0.25) is 11.3 Å². The summed E-state index contributed by atoms with van der Waals surface area (Å²) in [4.78, 5) is 11.0. The first-order chi connectivity index (χ1) is 6.57. The van der Waals surface area contributed by atoms with Crippen molar-refractivity contribution in [3.8, 4) is 0 Å². The highest BCUT2D eigenvalue weighted by Gasteiger charge is 2.14. The number of aliphatic hydroxyl groups excluding tert-OH is 1. The minimum absolute atomic E-state index is 0.0914. The van der Waals surface area contributed by atoms with Crippen LogP contribution in [0, 0.1) is 0 Å². The third kappa shape index (κ3) is 6.92. The summed E-state index contributed by atoms with van der Waals surface area (Å²) in [6.07, 6.45) is 0.191. The number of esters is 1. The maximum atomic E-state index is 11.0. The molecule has 0 rings (SSSR count). The van der Waals surface area contributed by atoms with Crippen molar-refractivity contribution in [2.24, 2.45) is 5.73 Å². The first-order valence-electron chi connectivity index (χ1n) is 3.95. The molecule has 0 heterocycles. The average molecular weight is 226 g/mol. The quantitative estimate of drug-likeness (QED) is 0.293. The molecule has 2 unspecified atom stereocenters. The number of carbonyl (C=O) groups excluding carboxylic acids is 1. The number of nitrogens with two attached hydrogens (primary N) is 1. The standard InChI is InChI=1S/C6H14N2O5S/c7-5(1-2-8-14(11)12)6(10)13-4-3-9/h5,8-9H,1-4,7H2,(H,11,12). The Morgan fingerprint density at radius 2 is 2.29 bits per heavy atom. The van der Waals surface area contributed by atoms with E-state index in [-0.39, 0.29) is 26.2 Å². The summed E-state index contributed by atoms with van der Waals surface area (Å²) in [5.41, 5.74) is 5.37. The van der Waals surface area contributed by atoms with Crippen LogP contribution in [0.4, 0.5) is 0 Å². The molecular formula is C6H14N2O5S. The third-order valence-corrected chi connectivity index (χ3v) is 1.77. The van der Waals surface area contributed by atoms with E-state index in [1.54, 1.807) is 0 Å². The van der Waals surface area contributed by atoms with E-state index in [9.17, 15) is 9.00 Å². The van der Waals surface area contributed by atoms with Gasteiger partial charge in [-0.3, -0.25) is 9.35 Å². The SMILES string of the molecule is NC(CCNS(=O)O)C(=O)OCCO. The van der Waals surface area contributed by atoms with Crippen molar-refractivity contribution < 1.29 is 23.4 Å². The van der Waals surface area contributed by atoms with E-state index in [0.717, 1.165) is 0 Å². The van der Waals surface area contributed by atoms with Crippen LogP contribution >= 0.6 is 0 Å². The van der Waals surface area contributed by atoms with Gasteiger partial charge in [0.05, 0.1) is 6.61 Å². The van der Waals surface area contributed by atoms with E-state index in [2.05, 4.69) is 9.46 Å². The zero-order valence-electron chi connectivity index (χ0n) is 7.51. The monoisotopic (exact) mass is 226 g/mol. The normalized spacial score (nSPS) is 14.8. The van der Waals surface area contributed by atoms with E-state index < -0.39 is 23.3 Å². The van der Waals surface area contributed by atoms with Crippen LogP contribution in [0.3, 0.4) is 0 Å². The summed E-state index contributed by atoms with van der Waals surface area (Å²) >= 11 is -2.10. The predicted octanol–water partition coefficient (Wildman–Crippen LogP) is -2.03. The van der Waals surface area contributed by atoms with E-state index in [1.807, 2.05) is 0 Å². The lowest BCUT2D eigenvalue weighted by Gasteiger charge is -2.09. The Kier molecular flexibility index (Phi) is 7.52. The van der Waals surface area contributed by atoms with E-state index in [0.29, 0.717) is 0 Å². The Labute approximate surface area is 84.0 Å². The molecule has 0 aliphatic rings. The maximum absolute atomic E-state index is 11.0. The van der Waals surface area contributed by atoms with Crippen LogP contribution in [0.25, 0.3) is 0 Å². The number of carbonyl (C=O) groups is 1. The smallest absolute Gasteiger partial charge is 0.323 e. The molecule has 0 saturated heterocycles. The Hall–Kier alpha value is -0.540. The molecule has 0 spiro atoms. The fraction of sp³-hybridized carbons (Fsp3) is 0.833. The number of hydrogen-bond acceptors (Lipinski definition) is 5. The molecule has 0 aromatic rings. The van der Waals surface area contributed by atoms with Crippen LogP contribution < -0.4 is 10.5 Å². The molecule has 0 aromatic carbocycles. The molecule has 0 saturated carbocycles. The Bertz CT molecular complexity index is 201. The number of rotatable bonds is 7. The first-order valence-corrected chi connectivity index (χ1v) is 5.06. The van der Waals surface area contributed by atoms with Gasteiger partial charge in [-0.25, -0.2) is 8.93 Å². The summed E-state index contributed by atoms with van der Waals surface area (Å²) in [7, 11) is 0. The molecule has 2 atom stereocenters. The molecule has 0 fully saturated rings. The molecule has 0 aliphatic carbocycles. The summed E-state index contributed by atoms with van der Waals surface area (Å²) in [5.74, 6) is -0.635. The van der Waals surface area contributed by atoms with Gasteiger partial charge in [-0.1, -0.05) is 0 Å². The van der Waals surface area contributed by atoms with Crippen molar-refractivity contribution in [3.05, 3.63) is 0 Å². The Balaban J connectivity index is 3.56.